The van der Waals surface area contributed by atoms with Crippen molar-refractivity contribution >= 4 is 0 Å². The van der Waals surface area contributed by atoms with Crippen molar-refractivity contribution in [3.05, 3.63) is 23.6 Å². The standard InChI is InChI=1S/C6H9NO/c7-5-3-1-2-4-6(5)8/h2,4,8H,1,3,7H2. The van der Waals surface area contributed by atoms with Crippen LogP contribution in [0.3, 0.4) is 0 Å². The maximum Gasteiger partial charge on any atom is 0.133 e. The summed E-state index contributed by atoms with van der Waals surface area (Å²) in [5, 5.41) is 8.85. The van der Waals surface area contributed by atoms with Crippen molar-refractivity contribution in [1.29, 1.82) is 0 Å². The number of aliphatic hydroxyl groups is 1. The first-order valence-electron chi connectivity index (χ1n) is 2.65. The summed E-state index contributed by atoms with van der Waals surface area (Å²) in [6, 6.07) is 0. The average molecular weight is 111 g/mol. The maximum atomic E-state index is 8.85. The van der Waals surface area contributed by atoms with E-state index in [1.807, 2.05) is 6.08 Å². The molecule has 1 aliphatic carbocycles. The highest BCUT2D eigenvalue weighted by atomic mass is 16.3. The van der Waals surface area contributed by atoms with Crippen LogP contribution in [0.15, 0.2) is 23.6 Å². The lowest BCUT2D eigenvalue weighted by Crippen LogP contribution is -2.03. The molecule has 0 amide bonds. The Labute approximate surface area is 48.3 Å². The van der Waals surface area contributed by atoms with E-state index in [1.54, 1.807) is 6.08 Å². The molecule has 0 aliphatic heterocycles. The smallest absolute Gasteiger partial charge is 0.133 e. The average Bonchev–Trinajstić information content (AvgIpc) is 1.77. The summed E-state index contributed by atoms with van der Waals surface area (Å²) >= 11 is 0. The Morgan fingerprint density at radius 1 is 1.62 bits per heavy atom. The first-order valence-corrected chi connectivity index (χ1v) is 2.65. The molecule has 1 rings (SSSR count). The van der Waals surface area contributed by atoms with E-state index in [4.69, 9.17) is 10.8 Å². The molecule has 0 unspecified atom stereocenters. The van der Waals surface area contributed by atoms with Crippen LogP contribution in [0.2, 0.25) is 0 Å². The van der Waals surface area contributed by atoms with E-state index >= 15 is 0 Å². The fraction of sp³-hybridized carbons (Fsp3) is 0.333. The van der Waals surface area contributed by atoms with Gasteiger partial charge in [-0.2, -0.15) is 0 Å². The lowest BCUT2D eigenvalue weighted by molar-refractivity contribution is 0.418. The third kappa shape index (κ3) is 0.832. The molecule has 0 saturated heterocycles. The summed E-state index contributed by atoms with van der Waals surface area (Å²) in [7, 11) is 0. The molecule has 2 nitrogen and oxygen atoms in total. The molecule has 0 aromatic heterocycles. The first-order chi connectivity index (χ1) is 3.80. The minimum absolute atomic E-state index is 0.233. The van der Waals surface area contributed by atoms with Gasteiger partial charge in [0.25, 0.3) is 0 Å². The summed E-state index contributed by atoms with van der Waals surface area (Å²) in [5.74, 6) is 0.233. The second-order valence-corrected chi connectivity index (χ2v) is 1.85. The molecule has 8 heavy (non-hydrogen) atoms. The molecule has 3 N–H and O–H groups in total. The van der Waals surface area contributed by atoms with E-state index in [9.17, 15) is 0 Å². The number of hydrogen-bond donors (Lipinski definition) is 2. The highest BCUT2D eigenvalue weighted by Crippen LogP contribution is 2.10. The first kappa shape index (κ1) is 5.22. The highest BCUT2D eigenvalue weighted by Gasteiger charge is 1.99. The van der Waals surface area contributed by atoms with Crippen molar-refractivity contribution < 1.29 is 5.11 Å². The largest absolute Gasteiger partial charge is 0.506 e. The molecule has 0 radical (unpaired) electrons. The highest BCUT2D eigenvalue weighted by molar-refractivity contribution is 5.20. The van der Waals surface area contributed by atoms with Gasteiger partial charge in [-0.3, -0.25) is 0 Å². The SMILES string of the molecule is NC1=C(O)C=CCC1. The number of aliphatic hydroxyl groups excluding tert-OH is 1. The van der Waals surface area contributed by atoms with Crippen molar-refractivity contribution in [1.82, 2.24) is 0 Å². The van der Waals surface area contributed by atoms with Crippen LogP contribution >= 0.6 is 0 Å². The van der Waals surface area contributed by atoms with Crippen molar-refractivity contribution in [3.8, 4) is 0 Å². The van der Waals surface area contributed by atoms with Crippen LogP contribution in [0.5, 0.6) is 0 Å². The van der Waals surface area contributed by atoms with Crippen LogP contribution in [-0.2, 0) is 0 Å². The molecule has 0 heterocycles. The third-order valence-corrected chi connectivity index (χ3v) is 1.19. The maximum absolute atomic E-state index is 8.85. The number of nitrogens with two attached hydrogens (primary N) is 1. The van der Waals surface area contributed by atoms with Gasteiger partial charge in [-0.1, -0.05) is 6.08 Å². The summed E-state index contributed by atoms with van der Waals surface area (Å²) in [4.78, 5) is 0. The summed E-state index contributed by atoms with van der Waals surface area (Å²) < 4.78 is 0. The van der Waals surface area contributed by atoms with Gasteiger partial charge in [-0.25, -0.2) is 0 Å². The minimum Gasteiger partial charge on any atom is -0.506 e. The van der Waals surface area contributed by atoms with Gasteiger partial charge in [0.15, 0.2) is 0 Å². The van der Waals surface area contributed by atoms with E-state index in [0.29, 0.717) is 5.70 Å². The molecular weight excluding hydrogens is 102 g/mol. The van der Waals surface area contributed by atoms with Gasteiger partial charge >= 0.3 is 0 Å². The zero-order chi connectivity index (χ0) is 5.98. The van der Waals surface area contributed by atoms with Crippen LogP contribution in [0.1, 0.15) is 12.8 Å². The molecule has 44 valence electrons. The van der Waals surface area contributed by atoms with Gasteiger partial charge < -0.3 is 10.8 Å². The molecule has 0 spiro atoms. The zero-order valence-corrected chi connectivity index (χ0v) is 4.59. The van der Waals surface area contributed by atoms with Crippen LogP contribution in [0.25, 0.3) is 0 Å². The lowest BCUT2D eigenvalue weighted by atomic mass is 10.1. The van der Waals surface area contributed by atoms with Crippen LogP contribution < -0.4 is 5.73 Å². The molecule has 0 atom stereocenters. The number of rotatable bonds is 0. The quantitative estimate of drug-likeness (QED) is 0.491. The molecule has 0 fully saturated rings. The Bertz CT molecular complexity index is 147. The molecule has 0 bridgehead atoms. The van der Waals surface area contributed by atoms with E-state index in [1.165, 1.54) is 0 Å². The molecule has 0 aromatic carbocycles. The lowest BCUT2D eigenvalue weighted by Gasteiger charge is -2.04. The van der Waals surface area contributed by atoms with E-state index in [0.717, 1.165) is 12.8 Å². The van der Waals surface area contributed by atoms with Crippen LogP contribution in [0.4, 0.5) is 0 Å². The number of hydrogen-bond acceptors (Lipinski definition) is 2. The van der Waals surface area contributed by atoms with Crippen molar-refractivity contribution in [2.45, 2.75) is 12.8 Å². The molecule has 0 aromatic rings. The minimum atomic E-state index is 0.233. The molecular formula is C6H9NO. The van der Waals surface area contributed by atoms with Gasteiger partial charge in [0.1, 0.15) is 5.76 Å². The zero-order valence-electron chi connectivity index (χ0n) is 4.59. The van der Waals surface area contributed by atoms with Crippen molar-refractivity contribution in [2.24, 2.45) is 5.73 Å². The van der Waals surface area contributed by atoms with Gasteiger partial charge in [0.05, 0.1) is 5.70 Å². The summed E-state index contributed by atoms with van der Waals surface area (Å²) in [6.07, 6.45) is 5.29. The molecule has 2 heteroatoms. The molecule has 1 aliphatic rings. The Hall–Kier alpha value is -0.920. The van der Waals surface area contributed by atoms with E-state index in [-0.39, 0.29) is 5.76 Å². The van der Waals surface area contributed by atoms with E-state index in [2.05, 4.69) is 0 Å². The second-order valence-electron chi connectivity index (χ2n) is 1.85. The van der Waals surface area contributed by atoms with Crippen LogP contribution in [0, 0.1) is 0 Å². The topological polar surface area (TPSA) is 46.2 Å². The third-order valence-electron chi connectivity index (χ3n) is 1.19. The summed E-state index contributed by atoms with van der Waals surface area (Å²) in [5.41, 5.74) is 5.96. The predicted molar refractivity (Wildman–Crippen MR) is 32.2 cm³/mol. The Balaban J connectivity index is 2.76. The monoisotopic (exact) mass is 111 g/mol. The van der Waals surface area contributed by atoms with Gasteiger partial charge in [0.2, 0.25) is 0 Å². The normalized spacial score (nSPS) is 19.5. The van der Waals surface area contributed by atoms with Crippen LogP contribution in [-0.4, -0.2) is 5.11 Å². The fourth-order valence-electron chi connectivity index (χ4n) is 0.669. The Morgan fingerprint density at radius 3 is 2.75 bits per heavy atom. The summed E-state index contributed by atoms with van der Waals surface area (Å²) in [6.45, 7) is 0. The van der Waals surface area contributed by atoms with Gasteiger partial charge in [0, 0.05) is 0 Å². The van der Waals surface area contributed by atoms with Gasteiger partial charge in [-0.05, 0) is 18.9 Å². The van der Waals surface area contributed by atoms with Crippen molar-refractivity contribution in [2.75, 3.05) is 0 Å². The molecule has 0 saturated carbocycles. The van der Waals surface area contributed by atoms with Crippen molar-refractivity contribution in [3.63, 3.8) is 0 Å². The predicted octanol–water partition coefficient (Wildman–Crippen LogP) is 1.06. The van der Waals surface area contributed by atoms with Gasteiger partial charge in [-0.15, -0.1) is 0 Å². The fourth-order valence-corrected chi connectivity index (χ4v) is 0.669. The second kappa shape index (κ2) is 1.90. The number of allylic oxidation sites excluding steroid dienone is 3. The van der Waals surface area contributed by atoms with E-state index < -0.39 is 0 Å². The Kier molecular flexibility index (Phi) is 1.24. The Morgan fingerprint density at radius 2 is 2.38 bits per heavy atom.